The highest BCUT2D eigenvalue weighted by Gasteiger charge is 2.22. The van der Waals surface area contributed by atoms with Crippen molar-refractivity contribution in [3.63, 3.8) is 0 Å². The van der Waals surface area contributed by atoms with Gasteiger partial charge in [0.2, 0.25) is 0 Å². The van der Waals surface area contributed by atoms with Gasteiger partial charge in [0.05, 0.1) is 23.5 Å². The molecule has 0 N–H and O–H groups in total. The van der Waals surface area contributed by atoms with Crippen LogP contribution in [-0.4, -0.2) is 37.5 Å². The molecule has 4 rings (SSSR count). The maximum absolute atomic E-state index is 12.5. The summed E-state index contributed by atoms with van der Waals surface area (Å²) in [6.45, 7) is 3.82. The van der Waals surface area contributed by atoms with Crippen molar-refractivity contribution in [1.29, 1.82) is 0 Å². The molecule has 0 aliphatic rings. The summed E-state index contributed by atoms with van der Waals surface area (Å²) in [5.41, 5.74) is 3.73. The van der Waals surface area contributed by atoms with Crippen molar-refractivity contribution in [2.45, 2.75) is 13.8 Å². The Morgan fingerprint density at radius 3 is 2.56 bits per heavy atom. The molecule has 0 aliphatic carbocycles. The van der Waals surface area contributed by atoms with Crippen molar-refractivity contribution in [2.75, 3.05) is 6.61 Å². The average Bonchev–Trinajstić information content (AvgIpc) is 3.12. The van der Waals surface area contributed by atoms with E-state index in [1.807, 2.05) is 54.6 Å². The molecule has 0 radical (unpaired) electrons. The smallest absolute Gasteiger partial charge is 0.342 e. The van der Waals surface area contributed by atoms with Gasteiger partial charge >= 0.3 is 5.97 Å². The van der Waals surface area contributed by atoms with Crippen LogP contribution in [0.3, 0.4) is 0 Å². The standard InChI is InChI=1S/C20H17N5O2/c1-3-27-19(26)17-13(2)21-20(22-18(17)14-9-5-4-6-10-14)25-16-12-8-7-11-15(16)23-24-25/h4-12H,3H2,1-2H3. The van der Waals surface area contributed by atoms with Gasteiger partial charge in [0.25, 0.3) is 5.95 Å². The van der Waals surface area contributed by atoms with Gasteiger partial charge in [-0.2, -0.15) is 4.68 Å². The number of esters is 1. The molecular formula is C20H17N5O2. The van der Waals surface area contributed by atoms with Gasteiger partial charge in [0, 0.05) is 5.56 Å². The average molecular weight is 359 g/mol. The number of aromatic nitrogens is 5. The number of carbonyl (C=O) groups is 1. The summed E-state index contributed by atoms with van der Waals surface area (Å²) in [7, 11) is 0. The van der Waals surface area contributed by atoms with E-state index < -0.39 is 5.97 Å². The van der Waals surface area contributed by atoms with E-state index in [4.69, 9.17) is 4.74 Å². The SMILES string of the molecule is CCOC(=O)c1c(C)nc(-n2nnc3ccccc32)nc1-c1ccccc1. The lowest BCUT2D eigenvalue weighted by atomic mass is 10.0. The molecule has 2 aromatic carbocycles. The van der Waals surface area contributed by atoms with Crippen LogP contribution in [0.5, 0.6) is 0 Å². The highest BCUT2D eigenvalue weighted by molar-refractivity contribution is 5.97. The number of rotatable bonds is 4. The maximum Gasteiger partial charge on any atom is 0.342 e. The Bertz CT molecular complexity index is 1120. The molecular weight excluding hydrogens is 342 g/mol. The van der Waals surface area contributed by atoms with Crippen molar-refractivity contribution in [3.05, 3.63) is 65.9 Å². The Labute approximate surface area is 155 Å². The highest BCUT2D eigenvalue weighted by atomic mass is 16.5. The molecule has 4 aromatic rings. The fourth-order valence-electron chi connectivity index (χ4n) is 2.92. The minimum absolute atomic E-state index is 0.280. The van der Waals surface area contributed by atoms with E-state index in [1.165, 1.54) is 0 Å². The summed E-state index contributed by atoms with van der Waals surface area (Å²) in [4.78, 5) is 21.7. The Hall–Kier alpha value is -3.61. The van der Waals surface area contributed by atoms with Crippen molar-refractivity contribution >= 4 is 17.0 Å². The van der Waals surface area contributed by atoms with Crippen LogP contribution < -0.4 is 0 Å². The van der Waals surface area contributed by atoms with Crippen molar-refractivity contribution in [3.8, 4) is 17.2 Å². The lowest BCUT2D eigenvalue weighted by Gasteiger charge is -2.12. The number of hydrogen-bond acceptors (Lipinski definition) is 6. The fraction of sp³-hybridized carbons (Fsp3) is 0.150. The van der Waals surface area contributed by atoms with Crippen molar-refractivity contribution < 1.29 is 9.53 Å². The predicted molar refractivity (Wildman–Crippen MR) is 101 cm³/mol. The van der Waals surface area contributed by atoms with E-state index in [0.717, 1.165) is 16.6 Å². The molecule has 134 valence electrons. The first-order valence-electron chi connectivity index (χ1n) is 8.61. The molecule has 2 aromatic heterocycles. The molecule has 7 heteroatoms. The third-order valence-electron chi connectivity index (χ3n) is 4.15. The second kappa shape index (κ2) is 6.95. The molecule has 7 nitrogen and oxygen atoms in total. The Morgan fingerprint density at radius 2 is 1.78 bits per heavy atom. The molecule has 0 saturated carbocycles. The number of aryl methyl sites for hydroxylation is 1. The van der Waals surface area contributed by atoms with Crippen LogP contribution in [0.15, 0.2) is 54.6 Å². The van der Waals surface area contributed by atoms with Crippen LogP contribution in [0, 0.1) is 6.92 Å². The predicted octanol–water partition coefficient (Wildman–Crippen LogP) is 3.36. The molecule has 0 aliphatic heterocycles. The summed E-state index contributed by atoms with van der Waals surface area (Å²) < 4.78 is 6.79. The van der Waals surface area contributed by atoms with Crippen LogP contribution in [-0.2, 0) is 4.74 Å². The van der Waals surface area contributed by atoms with Gasteiger partial charge in [-0.25, -0.2) is 14.8 Å². The Balaban J connectivity index is 1.95. The van der Waals surface area contributed by atoms with Gasteiger partial charge in [0.1, 0.15) is 11.1 Å². The van der Waals surface area contributed by atoms with Gasteiger partial charge < -0.3 is 4.74 Å². The van der Waals surface area contributed by atoms with Gasteiger partial charge in [-0.15, -0.1) is 5.10 Å². The molecule has 2 heterocycles. The molecule has 27 heavy (non-hydrogen) atoms. The summed E-state index contributed by atoms with van der Waals surface area (Å²) in [6, 6.07) is 17.1. The zero-order chi connectivity index (χ0) is 18.8. The van der Waals surface area contributed by atoms with Gasteiger partial charge in [0.15, 0.2) is 0 Å². The van der Waals surface area contributed by atoms with Crippen LogP contribution in [0.2, 0.25) is 0 Å². The number of benzene rings is 2. The van der Waals surface area contributed by atoms with Crippen LogP contribution in [0.1, 0.15) is 23.0 Å². The third-order valence-corrected chi connectivity index (χ3v) is 4.15. The summed E-state index contributed by atoms with van der Waals surface area (Å²) in [6.07, 6.45) is 0. The summed E-state index contributed by atoms with van der Waals surface area (Å²) in [5.74, 6) is -0.0862. The minimum atomic E-state index is -0.441. The van der Waals surface area contributed by atoms with Gasteiger partial charge in [-0.1, -0.05) is 47.7 Å². The fourth-order valence-corrected chi connectivity index (χ4v) is 2.92. The quantitative estimate of drug-likeness (QED) is 0.520. The Morgan fingerprint density at radius 1 is 1.04 bits per heavy atom. The monoisotopic (exact) mass is 359 g/mol. The molecule has 0 fully saturated rings. The van der Waals surface area contributed by atoms with E-state index in [9.17, 15) is 4.79 Å². The number of fused-ring (bicyclic) bond motifs is 1. The normalized spacial score (nSPS) is 10.9. The second-order valence-corrected chi connectivity index (χ2v) is 5.91. The number of nitrogens with zero attached hydrogens (tertiary/aromatic N) is 5. The highest BCUT2D eigenvalue weighted by Crippen LogP contribution is 2.26. The number of ether oxygens (including phenoxy) is 1. The van der Waals surface area contributed by atoms with Crippen LogP contribution in [0.25, 0.3) is 28.2 Å². The summed E-state index contributed by atoms with van der Waals surface area (Å²) >= 11 is 0. The topological polar surface area (TPSA) is 82.8 Å². The largest absolute Gasteiger partial charge is 0.462 e. The van der Waals surface area contributed by atoms with E-state index in [0.29, 0.717) is 22.9 Å². The first kappa shape index (κ1) is 16.8. The molecule has 0 unspecified atom stereocenters. The van der Waals surface area contributed by atoms with E-state index >= 15 is 0 Å². The second-order valence-electron chi connectivity index (χ2n) is 5.91. The van der Waals surface area contributed by atoms with Crippen molar-refractivity contribution in [2.24, 2.45) is 0 Å². The van der Waals surface area contributed by atoms with E-state index in [1.54, 1.807) is 18.5 Å². The zero-order valence-electron chi connectivity index (χ0n) is 15.0. The van der Waals surface area contributed by atoms with Crippen molar-refractivity contribution in [1.82, 2.24) is 25.0 Å². The van der Waals surface area contributed by atoms with Gasteiger partial charge in [-0.05, 0) is 26.0 Å². The first-order chi connectivity index (χ1) is 13.2. The number of carbonyl (C=O) groups excluding carboxylic acids is 1. The maximum atomic E-state index is 12.5. The lowest BCUT2D eigenvalue weighted by molar-refractivity contribution is 0.0525. The van der Waals surface area contributed by atoms with Crippen LogP contribution >= 0.6 is 0 Å². The van der Waals surface area contributed by atoms with E-state index in [-0.39, 0.29) is 6.61 Å². The Kier molecular flexibility index (Phi) is 4.33. The summed E-state index contributed by atoms with van der Waals surface area (Å²) in [5, 5.41) is 8.33. The zero-order valence-corrected chi connectivity index (χ0v) is 15.0. The number of hydrogen-bond donors (Lipinski definition) is 0. The number of para-hydroxylation sites is 1. The third kappa shape index (κ3) is 3.03. The lowest BCUT2D eigenvalue weighted by Crippen LogP contribution is -2.14. The first-order valence-corrected chi connectivity index (χ1v) is 8.61. The van der Waals surface area contributed by atoms with Crippen LogP contribution in [0.4, 0.5) is 0 Å². The molecule has 0 saturated heterocycles. The van der Waals surface area contributed by atoms with Gasteiger partial charge in [-0.3, -0.25) is 0 Å². The van der Waals surface area contributed by atoms with E-state index in [2.05, 4.69) is 20.3 Å². The molecule has 0 bridgehead atoms. The molecule has 0 amide bonds. The molecule has 0 spiro atoms. The minimum Gasteiger partial charge on any atom is -0.462 e. The molecule has 0 atom stereocenters.